The van der Waals surface area contributed by atoms with Gasteiger partial charge in [0.05, 0.1) is 11.3 Å². The molecule has 1 heterocycles. The van der Waals surface area contributed by atoms with Crippen LogP contribution in [0.5, 0.6) is 5.75 Å². The van der Waals surface area contributed by atoms with Crippen LogP contribution < -0.4 is 15.4 Å². The molecule has 5 rings (SSSR count). The predicted octanol–water partition coefficient (Wildman–Crippen LogP) is 5.89. The first kappa shape index (κ1) is 27.2. The number of aromatic nitrogens is 2. The first-order valence-corrected chi connectivity index (χ1v) is 14.9. The molecule has 0 fully saturated rings. The zero-order valence-electron chi connectivity index (χ0n) is 22.0. The normalized spacial score (nSPS) is 11.4. The highest BCUT2D eigenvalue weighted by molar-refractivity contribution is 7.90. The Hall–Kier alpha value is -4.34. The zero-order chi connectivity index (χ0) is 28.0. The van der Waals surface area contributed by atoms with E-state index in [2.05, 4.69) is 26.7 Å². The minimum absolute atomic E-state index is 0.114. The minimum atomic E-state index is -2.98. The Kier molecular flexibility index (Phi) is 8.33. The number of fused-ring (bicyclic) bond motifs is 1. The maximum Gasteiger partial charge on any atom is 0.148 e. The summed E-state index contributed by atoms with van der Waals surface area (Å²) in [5.41, 5.74) is 5.70. The fourth-order valence-electron chi connectivity index (χ4n) is 4.21. The van der Waals surface area contributed by atoms with Gasteiger partial charge in [-0.15, -0.1) is 0 Å². The highest BCUT2D eigenvalue weighted by atomic mass is 32.2. The van der Waals surface area contributed by atoms with Crippen LogP contribution in [0.1, 0.15) is 11.1 Å². The molecule has 9 heteroatoms. The van der Waals surface area contributed by atoms with Crippen LogP contribution in [-0.4, -0.2) is 36.9 Å². The molecule has 0 aliphatic rings. The van der Waals surface area contributed by atoms with Crippen molar-refractivity contribution in [2.75, 3.05) is 23.9 Å². The number of hydrogen-bond donors (Lipinski definition) is 2. The second kappa shape index (κ2) is 12.2. The lowest BCUT2D eigenvalue weighted by Gasteiger charge is -2.11. The topological polar surface area (TPSA) is 93.2 Å². The molecule has 7 nitrogen and oxygen atoms in total. The molecular formula is C31H29FN4O3S. The molecule has 5 aromatic rings. The van der Waals surface area contributed by atoms with Gasteiger partial charge in [-0.1, -0.05) is 36.4 Å². The number of anilines is 2. The van der Waals surface area contributed by atoms with Crippen LogP contribution in [0, 0.1) is 5.82 Å². The van der Waals surface area contributed by atoms with E-state index in [9.17, 15) is 12.8 Å². The zero-order valence-corrected chi connectivity index (χ0v) is 22.8. The molecule has 0 amide bonds. The van der Waals surface area contributed by atoms with Gasteiger partial charge in [0.1, 0.15) is 40.2 Å². The van der Waals surface area contributed by atoms with E-state index in [1.165, 1.54) is 24.7 Å². The van der Waals surface area contributed by atoms with E-state index in [-0.39, 0.29) is 11.6 Å². The van der Waals surface area contributed by atoms with Gasteiger partial charge < -0.3 is 15.4 Å². The standard InChI is InChI=1S/C31H29FN4O3S/c1-40(37,38)16-15-33-19-23-3-2-4-24(17-23)25-7-14-29-30(18-25)34-21-35-31(29)36-27-10-12-28(13-11-27)39-20-22-5-8-26(32)9-6-22/h2-14,17-18,21,33H,15-16,19-20H2,1H3,(H,34,35,36). The van der Waals surface area contributed by atoms with Gasteiger partial charge in [0.25, 0.3) is 0 Å². The van der Waals surface area contributed by atoms with Gasteiger partial charge >= 0.3 is 0 Å². The van der Waals surface area contributed by atoms with Crippen molar-refractivity contribution in [2.45, 2.75) is 13.2 Å². The summed E-state index contributed by atoms with van der Waals surface area (Å²) in [6.07, 6.45) is 2.78. The Morgan fingerprint density at radius 1 is 0.850 bits per heavy atom. The Balaban J connectivity index is 1.25. The lowest BCUT2D eigenvalue weighted by atomic mass is 10.0. The van der Waals surface area contributed by atoms with Gasteiger partial charge in [-0.05, 0) is 76.9 Å². The van der Waals surface area contributed by atoms with E-state index in [1.54, 1.807) is 12.1 Å². The fourth-order valence-corrected chi connectivity index (χ4v) is 4.72. The third-order valence-electron chi connectivity index (χ3n) is 6.31. The van der Waals surface area contributed by atoms with Gasteiger partial charge in [0, 0.05) is 30.4 Å². The van der Waals surface area contributed by atoms with Gasteiger partial charge in [-0.2, -0.15) is 0 Å². The highest BCUT2D eigenvalue weighted by Gasteiger charge is 2.08. The maximum absolute atomic E-state index is 13.1. The monoisotopic (exact) mass is 556 g/mol. The molecule has 0 radical (unpaired) electrons. The lowest BCUT2D eigenvalue weighted by Crippen LogP contribution is -2.21. The molecule has 0 atom stereocenters. The third-order valence-corrected chi connectivity index (χ3v) is 7.26. The summed E-state index contributed by atoms with van der Waals surface area (Å²) >= 11 is 0. The van der Waals surface area contributed by atoms with Crippen molar-refractivity contribution in [3.63, 3.8) is 0 Å². The molecule has 0 saturated heterocycles. The SMILES string of the molecule is CS(=O)(=O)CCNCc1cccc(-c2ccc3c(Nc4ccc(OCc5ccc(F)cc5)cc4)ncnc3c2)c1. The quantitative estimate of drug-likeness (QED) is 0.196. The molecule has 40 heavy (non-hydrogen) atoms. The van der Waals surface area contributed by atoms with E-state index in [0.717, 1.165) is 38.8 Å². The minimum Gasteiger partial charge on any atom is -0.489 e. The van der Waals surface area contributed by atoms with Crippen LogP contribution in [0.15, 0.2) is 97.3 Å². The average Bonchev–Trinajstić information content (AvgIpc) is 2.95. The molecule has 0 aliphatic carbocycles. The Bertz CT molecular complexity index is 1710. The Labute approximate surface area is 233 Å². The van der Waals surface area contributed by atoms with E-state index in [0.29, 0.717) is 31.3 Å². The number of ether oxygens (including phenoxy) is 1. The molecule has 2 N–H and O–H groups in total. The summed E-state index contributed by atoms with van der Waals surface area (Å²) in [7, 11) is -2.98. The Morgan fingerprint density at radius 3 is 2.40 bits per heavy atom. The highest BCUT2D eigenvalue weighted by Crippen LogP contribution is 2.29. The van der Waals surface area contributed by atoms with E-state index in [4.69, 9.17) is 4.74 Å². The van der Waals surface area contributed by atoms with Crippen molar-refractivity contribution < 1.29 is 17.5 Å². The lowest BCUT2D eigenvalue weighted by molar-refractivity contribution is 0.306. The first-order chi connectivity index (χ1) is 19.3. The van der Waals surface area contributed by atoms with Crippen LogP contribution in [0.4, 0.5) is 15.9 Å². The van der Waals surface area contributed by atoms with Crippen molar-refractivity contribution in [1.82, 2.24) is 15.3 Å². The predicted molar refractivity (Wildman–Crippen MR) is 157 cm³/mol. The summed E-state index contributed by atoms with van der Waals surface area (Å²) in [4.78, 5) is 8.93. The smallest absolute Gasteiger partial charge is 0.148 e. The number of benzene rings is 4. The number of sulfone groups is 1. The summed E-state index contributed by atoms with van der Waals surface area (Å²) in [6.45, 7) is 1.36. The largest absolute Gasteiger partial charge is 0.489 e. The molecule has 0 bridgehead atoms. The average molecular weight is 557 g/mol. The molecule has 0 aliphatic heterocycles. The summed E-state index contributed by atoms with van der Waals surface area (Å²) < 4.78 is 41.6. The van der Waals surface area contributed by atoms with Gasteiger partial charge in [-0.3, -0.25) is 0 Å². The molecule has 0 unspecified atom stereocenters. The summed E-state index contributed by atoms with van der Waals surface area (Å²) in [5, 5.41) is 7.44. The van der Waals surface area contributed by atoms with Crippen molar-refractivity contribution in [2.24, 2.45) is 0 Å². The number of rotatable bonds is 11. The molecule has 0 saturated carbocycles. The van der Waals surface area contributed by atoms with Gasteiger partial charge in [-0.25, -0.2) is 22.8 Å². The molecule has 4 aromatic carbocycles. The molecule has 204 valence electrons. The van der Waals surface area contributed by atoms with E-state index < -0.39 is 9.84 Å². The Morgan fingerprint density at radius 2 is 1.62 bits per heavy atom. The molecule has 0 spiro atoms. The van der Waals surface area contributed by atoms with E-state index >= 15 is 0 Å². The van der Waals surface area contributed by atoms with Crippen LogP contribution in [0.2, 0.25) is 0 Å². The second-order valence-electron chi connectivity index (χ2n) is 9.53. The van der Waals surface area contributed by atoms with E-state index in [1.807, 2.05) is 60.7 Å². The van der Waals surface area contributed by atoms with Crippen LogP contribution in [0.25, 0.3) is 22.0 Å². The van der Waals surface area contributed by atoms with Crippen LogP contribution in [-0.2, 0) is 23.0 Å². The van der Waals surface area contributed by atoms with Crippen molar-refractivity contribution in [3.05, 3.63) is 114 Å². The van der Waals surface area contributed by atoms with Crippen molar-refractivity contribution in [3.8, 4) is 16.9 Å². The number of nitrogens with one attached hydrogen (secondary N) is 2. The molecule has 1 aromatic heterocycles. The van der Waals surface area contributed by atoms with Crippen LogP contribution in [0.3, 0.4) is 0 Å². The summed E-state index contributed by atoms with van der Waals surface area (Å²) in [5.74, 6) is 1.25. The second-order valence-corrected chi connectivity index (χ2v) is 11.8. The number of halogens is 1. The first-order valence-electron chi connectivity index (χ1n) is 12.8. The maximum atomic E-state index is 13.1. The fraction of sp³-hybridized carbons (Fsp3) is 0.161. The third kappa shape index (κ3) is 7.40. The summed E-state index contributed by atoms with van der Waals surface area (Å²) in [6, 6.07) is 28.0. The van der Waals surface area contributed by atoms with Crippen LogP contribution >= 0.6 is 0 Å². The van der Waals surface area contributed by atoms with Gasteiger partial charge in [0.2, 0.25) is 0 Å². The molecular weight excluding hydrogens is 527 g/mol. The van der Waals surface area contributed by atoms with Crippen molar-refractivity contribution in [1.29, 1.82) is 0 Å². The van der Waals surface area contributed by atoms with Crippen molar-refractivity contribution >= 4 is 32.2 Å². The number of hydrogen-bond acceptors (Lipinski definition) is 7. The number of nitrogens with zero attached hydrogens (tertiary/aromatic N) is 2. The van der Waals surface area contributed by atoms with Gasteiger partial charge in [0.15, 0.2) is 0 Å².